The van der Waals surface area contributed by atoms with E-state index in [2.05, 4.69) is 45.9 Å². The molecule has 1 rings (SSSR count). The maximum Gasteiger partial charge on any atom is -0.0160 e. The molecule has 0 aliphatic heterocycles. The number of hydrogen-bond acceptors (Lipinski definition) is 0. The van der Waals surface area contributed by atoms with Gasteiger partial charge in [0.1, 0.15) is 0 Å². The van der Waals surface area contributed by atoms with Gasteiger partial charge in [0.25, 0.3) is 0 Å². The molecule has 0 nitrogen and oxygen atoms in total. The summed E-state index contributed by atoms with van der Waals surface area (Å²) in [4.78, 5) is 0. The van der Waals surface area contributed by atoms with Crippen LogP contribution >= 0.6 is 0 Å². The van der Waals surface area contributed by atoms with Crippen molar-refractivity contribution in [3.05, 3.63) is 34.9 Å². The fourth-order valence-corrected chi connectivity index (χ4v) is 1.59. The minimum absolute atomic E-state index is 0.653. The van der Waals surface area contributed by atoms with Crippen LogP contribution in [-0.4, -0.2) is 0 Å². The van der Waals surface area contributed by atoms with Crippen LogP contribution in [0, 0.1) is 5.92 Å². The molecule has 0 unspecified atom stereocenters. The molecule has 0 heteroatoms. The van der Waals surface area contributed by atoms with Crippen molar-refractivity contribution in [3.63, 3.8) is 0 Å². The second kappa shape index (κ2) is 3.75. The van der Waals surface area contributed by atoms with E-state index in [1.165, 1.54) is 16.7 Å². The standard InChI is InChI=1S/C12H18/c1-9(2)11-7-5-6-8-12(11)10(3)4/h5,7-8,10H,6H2,1-4H3. The van der Waals surface area contributed by atoms with Gasteiger partial charge in [0.05, 0.1) is 0 Å². The quantitative estimate of drug-likeness (QED) is 0.549. The van der Waals surface area contributed by atoms with Gasteiger partial charge in [0, 0.05) is 0 Å². The molecule has 0 heterocycles. The number of allylic oxidation sites excluding steroid dienone is 6. The van der Waals surface area contributed by atoms with Crippen molar-refractivity contribution < 1.29 is 0 Å². The highest BCUT2D eigenvalue weighted by Gasteiger charge is 2.09. The van der Waals surface area contributed by atoms with E-state index in [1.54, 1.807) is 0 Å². The van der Waals surface area contributed by atoms with Crippen LogP contribution in [0.15, 0.2) is 34.9 Å². The van der Waals surface area contributed by atoms with Crippen LogP contribution in [0.3, 0.4) is 0 Å². The van der Waals surface area contributed by atoms with Gasteiger partial charge in [-0.05, 0) is 37.3 Å². The molecule has 0 radical (unpaired) electrons. The molecule has 0 aromatic carbocycles. The Balaban J connectivity index is 2.99. The van der Waals surface area contributed by atoms with Crippen molar-refractivity contribution >= 4 is 0 Å². The maximum atomic E-state index is 2.34. The summed E-state index contributed by atoms with van der Waals surface area (Å²) in [5.74, 6) is 0.653. The van der Waals surface area contributed by atoms with Crippen molar-refractivity contribution in [2.75, 3.05) is 0 Å². The highest BCUT2D eigenvalue weighted by molar-refractivity contribution is 5.46. The molecule has 0 spiro atoms. The Labute approximate surface area is 75.7 Å². The van der Waals surface area contributed by atoms with E-state index < -0.39 is 0 Å². The Bertz CT molecular complexity index is 245. The fraction of sp³-hybridized carbons (Fsp3) is 0.500. The van der Waals surface area contributed by atoms with Gasteiger partial charge in [-0.15, -0.1) is 0 Å². The predicted octanol–water partition coefficient (Wildman–Crippen LogP) is 3.87. The Kier molecular flexibility index (Phi) is 2.91. The van der Waals surface area contributed by atoms with Gasteiger partial charge in [0.2, 0.25) is 0 Å². The predicted molar refractivity (Wildman–Crippen MR) is 55.1 cm³/mol. The summed E-state index contributed by atoms with van der Waals surface area (Å²) >= 11 is 0. The topological polar surface area (TPSA) is 0 Å². The van der Waals surface area contributed by atoms with E-state index in [0.717, 1.165) is 6.42 Å². The third-order valence-electron chi connectivity index (χ3n) is 2.23. The van der Waals surface area contributed by atoms with E-state index in [4.69, 9.17) is 0 Å². The highest BCUT2D eigenvalue weighted by Crippen LogP contribution is 2.27. The van der Waals surface area contributed by atoms with E-state index in [-0.39, 0.29) is 0 Å². The average Bonchev–Trinajstić information content (AvgIpc) is 2.04. The summed E-state index contributed by atoms with van der Waals surface area (Å²) in [6.45, 7) is 8.88. The van der Waals surface area contributed by atoms with E-state index in [9.17, 15) is 0 Å². The first kappa shape index (κ1) is 9.31. The van der Waals surface area contributed by atoms with Gasteiger partial charge in [-0.2, -0.15) is 0 Å². The smallest absolute Gasteiger partial charge is 0.0160 e. The molecule has 0 aromatic heterocycles. The summed E-state index contributed by atoms with van der Waals surface area (Å²) in [6, 6.07) is 0. The molecular formula is C12H18. The average molecular weight is 162 g/mol. The van der Waals surface area contributed by atoms with E-state index >= 15 is 0 Å². The Morgan fingerprint density at radius 3 is 2.42 bits per heavy atom. The minimum Gasteiger partial charge on any atom is -0.0801 e. The molecule has 0 bridgehead atoms. The number of hydrogen-bond donors (Lipinski definition) is 0. The van der Waals surface area contributed by atoms with Crippen molar-refractivity contribution in [2.24, 2.45) is 5.92 Å². The van der Waals surface area contributed by atoms with Gasteiger partial charge >= 0.3 is 0 Å². The molecule has 1 aliphatic rings. The zero-order valence-corrected chi connectivity index (χ0v) is 8.52. The first-order chi connectivity index (χ1) is 5.63. The van der Waals surface area contributed by atoms with Crippen LogP contribution in [0.4, 0.5) is 0 Å². The van der Waals surface area contributed by atoms with E-state index in [0.29, 0.717) is 5.92 Å². The fourth-order valence-electron chi connectivity index (χ4n) is 1.59. The Morgan fingerprint density at radius 2 is 2.00 bits per heavy atom. The molecule has 0 amide bonds. The monoisotopic (exact) mass is 162 g/mol. The van der Waals surface area contributed by atoms with Gasteiger partial charge < -0.3 is 0 Å². The third kappa shape index (κ3) is 1.88. The molecule has 1 aliphatic carbocycles. The van der Waals surface area contributed by atoms with Crippen molar-refractivity contribution in [1.29, 1.82) is 0 Å². The van der Waals surface area contributed by atoms with Crippen LogP contribution in [0.1, 0.15) is 34.1 Å². The normalized spacial score (nSPS) is 16.8. The lowest BCUT2D eigenvalue weighted by Gasteiger charge is -2.17. The van der Waals surface area contributed by atoms with Gasteiger partial charge in [-0.1, -0.05) is 37.6 Å². The molecule has 0 saturated carbocycles. The largest absolute Gasteiger partial charge is 0.0801 e. The summed E-state index contributed by atoms with van der Waals surface area (Å²) < 4.78 is 0. The molecule has 0 atom stereocenters. The maximum absolute atomic E-state index is 2.34. The second-order valence-electron chi connectivity index (χ2n) is 3.87. The van der Waals surface area contributed by atoms with Gasteiger partial charge in [-0.25, -0.2) is 0 Å². The zero-order valence-electron chi connectivity index (χ0n) is 8.52. The first-order valence-corrected chi connectivity index (χ1v) is 4.67. The first-order valence-electron chi connectivity index (χ1n) is 4.67. The Morgan fingerprint density at radius 1 is 1.33 bits per heavy atom. The lowest BCUT2D eigenvalue weighted by atomic mass is 9.88. The minimum atomic E-state index is 0.653. The van der Waals surface area contributed by atoms with Gasteiger partial charge in [0.15, 0.2) is 0 Å². The van der Waals surface area contributed by atoms with Gasteiger partial charge in [-0.3, -0.25) is 0 Å². The summed E-state index contributed by atoms with van der Waals surface area (Å²) in [5, 5.41) is 0. The summed E-state index contributed by atoms with van der Waals surface area (Å²) in [7, 11) is 0. The van der Waals surface area contributed by atoms with Crippen molar-refractivity contribution in [3.8, 4) is 0 Å². The lowest BCUT2D eigenvalue weighted by molar-refractivity contribution is 0.772. The molecule has 12 heavy (non-hydrogen) atoms. The molecule has 0 N–H and O–H groups in total. The zero-order chi connectivity index (χ0) is 9.14. The van der Waals surface area contributed by atoms with E-state index in [1.807, 2.05) is 0 Å². The molecule has 66 valence electrons. The summed E-state index contributed by atoms with van der Waals surface area (Å²) in [6.07, 6.45) is 7.93. The highest BCUT2D eigenvalue weighted by atomic mass is 14.1. The van der Waals surface area contributed by atoms with Crippen LogP contribution in [0.5, 0.6) is 0 Å². The second-order valence-corrected chi connectivity index (χ2v) is 3.87. The lowest BCUT2D eigenvalue weighted by Crippen LogP contribution is -2.00. The molecule has 0 fully saturated rings. The van der Waals surface area contributed by atoms with Crippen LogP contribution in [-0.2, 0) is 0 Å². The third-order valence-corrected chi connectivity index (χ3v) is 2.23. The molecular weight excluding hydrogens is 144 g/mol. The van der Waals surface area contributed by atoms with Crippen LogP contribution in [0.2, 0.25) is 0 Å². The van der Waals surface area contributed by atoms with Crippen LogP contribution < -0.4 is 0 Å². The Hall–Kier alpha value is -0.780. The van der Waals surface area contributed by atoms with Crippen molar-refractivity contribution in [1.82, 2.24) is 0 Å². The summed E-state index contributed by atoms with van der Waals surface area (Å²) in [5.41, 5.74) is 4.37. The van der Waals surface area contributed by atoms with Crippen LogP contribution in [0.25, 0.3) is 0 Å². The number of rotatable bonds is 1. The molecule has 0 aromatic rings. The SMILES string of the molecule is CC(C)=C1C=CCC=C1C(C)C. The molecule has 0 saturated heterocycles. The van der Waals surface area contributed by atoms with Crippen molar-refractivity contribution in [2.45, 2.75) is 34.1 Å².